The molecule has 4 nitrogen and oxygen atoms in total. The van der Waals surface area contributed by atoms with Crippen LogP contribution in [0.15, 0.2) is 33.9 Å². The highest BCUT2D eigenvalue weighted by atomic mass is 32.2. The van der Waals surface area contributed by atoms with Gasteiger partial charge in [-0.1, -0.05) is 6.07 Å². The number of rotatable bonds is 2. The molecule has 0 aromatic carbocycles. The second kappa shape index (κ2) is 4.47. The van der Waals surface area contributed by atoms with Crippen molar-refractivity contribution in [1.82, 2.24) is 8.87 Å². The molecule has 2 aromatic rings. The Labute approximate surface area is 117 Å². The van der Waals surface area contributed by atoms with Gasteiger partial charge >= 0.3 is 0 Å². The number of thiophene rings is 1. The molecule has 0 bridgehead atoms. The lowest BCUT2D eigenvalue weighted by molar-refractivity contribution is 0.281. The number of aryl methyl sites for hydroxylation is 1. The minimum Gasteiger partial charge on any atom is -0.346 e. The summed E-state index contributed by atoms with van der Waals surface area (Å²) in [6.07, 6.45) is 0. The van der Waals surface area contributed by atoms with Gasteiger partial charge in [-0.2, -0.15) is 4.31 Å². The molecule has 1 atom stereocenters. The van der Waals surface area contributed by atoms with Crippen LogP contribution in [0.1, 0.15) is 24.4 Å². The predicted octanol–water partition coefficient (Wildman–Crippen LogP) is 2.62. The molecule has 0 unspecified atom stereocenters. The summed E-state index contributed by atoms with van der Waals surface area (Å²) in [6.45, 7) is 5.27. The zero-order valence-corrected chi connectivity index (χ0v) is 12.5. The Kier molecular flexibility index (Phi) is 3.03. The van der Waals surface area contributed by atoms with E-state index < -0.39 is 10.0 Å². The van der Waals surface area contributed by atoms with Crippen LogP contribution in [-0.2, 0) is 16.6 Å². The van der Waals surface area contributed by atoms with Gasteiger partial charge in [-0.05, 0) is 37.4 Å². The molecule has 0 saturated carbocycles. The second-order valence-electron chi connectivity index (χ2n) is 4.78. The van der Waals surface area contributed by atoms with Crippen molar-refractivity contribution in [2.24, 2.45) is 0 Å². The van der Waals surface area contributed by atoms with Gasteiger partial charge < -0.3 is 4.57 Å². The van der Waals surface area contributed by atoms with Gasteiger partial charge in [0.05, 0.1) is 6.04 Å². The molecule has 0 aliphatic carbocycles. The zero-order chi connectivity index (χ0) is 13.6. The first-order valence-electron chi connectivity index (χ1n) is 6.23. The largest absolute Gasteiger partial charge is 0.346 e. The molecule has 0 N–H and O–H groups in total. The summed E-state index contributed by atoms with van der Waals surface area (Å²) in [5.41, 5.74) is 2.26. The Morgan fingerprint density at radius 1 is 1.26 bits per heavy atom. The Morgan fingerprint density at radius 2 is 2.05 bits per heavy atom. The maximum Gasteiger partial charge on any atom is 0.253 e. The summed E-state index contributed by atoms with van der Waals surface area (Å²) in [7, 11) is -3.36. The van der Waals surface area contributed by atoms with Crippen molar-refractivity contribution >= 4 is 21.4 Å². The van der Waals surface area contributed by atoms with Crippen LogP contribution in [0, 0.1) is 6.92 Å². The third-order valence-corrected chi connectivity index (χ3v) is 7.04. The first-order chi connectivity index (χ1) is 9.01. The van der Waals surface area contributed by atoms with E-state index in [2.05, 4.69) is 11.5 Å². The SMILES string of the molecule is Cc1ccc2n1CCN(S(=O)(=O)c1cccs1)[C@H]2C. The first kappa shape index (κ1) is 12.9. The molecular formula is C13H16N2O2S2. The Hall–Kier alpha value is -1.11. The summed E-state index contributed by atoms with van der Waals surface area (Å²) in [6, 6.07) is 7.41. The molecule has 3 heterocycles. The lowest BCUT2D eigenvalue weighted by Crippen LogP contribution is -2.40. The van der Waals surface area contributed by atoms with E-state index in [9.17, 15) is 8.42 Å². The summed E-state index contributed by atoms with van der Waals surface area (Å²) in [5.74, 6) is 0. The van der Waals surface area contributed by atoms with E-state index in [4.69, 9.17) is 0 Å². The van der Waals surface area contributed by atoms with E-state index >= 15 is 0 Å². The molecule has 2 aromatic heterocycles. The average Bonchev–Trinajstić information content (AvgIpc) is 3.00. The molecule has 0 radical (unpaired) electrons. The van der Waals surface area contributed by atoms with E-state index in [1.807, 2.05) is 19.1 Å². The van der Waals surface area contributed by atoms with Crippen molar-refractivity contribution in [3.63, 3.8) is 0 Å². The van der Waals surface area contributed by atoms with Crippen LogP contribution < -0.4 is 0 Å². The van der Waals surface area contributed by atoms with Gasteiger partial charge in [0.25, 0.3) is 10.0 Å². The fourth-order valence-electron chi connectivity index (χ4n) is 2.65. The molecule has 3 rings (SSSR count). The van der Waals surface area contributed by atoms with Crippen molar-refractivity contribution < 1.29 is 8.42 Å². The molecule has 1 aliphatic heterocycles. The molecule has 19 heavy (non-hydrogen) atoms. The monoisotopic (exact) mass is 296 g/mol. The summed E-state index contributed by atoms with van der Waals surface area (Å²) in [4.78, 5) is 0. The van der Waals surface area contributed by atoms with Crippen molar-refractivity contribution in [3.8, 4) is 0 Å². The minimum atomic E-state index is -3.36. The number of fused-ring (bicyclic) bond motifs is 1. The number of hydrogen-bond donors (Lipinski definition) is 0. The van der Waals surface area contributed by atoms with Crippen molar-refractivity contribution in [3.05, 3.63) is 41.0 Å². The zero-order valence-electron chi connectivity index (χ0n) is 10.9. The van der Waals surface area contributed by atoms with E-state index in [-0.39, 0.29) is 6.04 Å². The van der Waals surface area contributed by atoms with Crippen LogP contribution in [0.2, 0.25) is 0 Å². The van der Waals surface area contributed by atoms with Gasteiger partial charge in [0.15, 0.2) is 0 Å². The van der Waals surface area contributed by atoms with Gasteiger partial charge in [0, 0.05) is 24.5 Å². The molecule has 6 heteroatoms. The smallest absolute Gasteiger partial charge is 0.253 e. The van der Waals surface area contributed by atoms with Crippen molar-refractivity contribution in [1.29, 1.82) is 0 Å². The molecule has 0 amide bonds. The fourth-order valence-corrected chi connectivity index (χ4v) is 5.37. The molecular weight excluding hydrogens is 280 g/mol. The lowest BCUT2D eigenvalue weighted by atomic mass is 10.2. The highest BCUT2D eigenvalue weighted by molar-refractivity contribution is 7.91. The van der Waals surface area contributed by atoms with Crippen LogP contribution in [-0.4, -0.2) is 23.8 Å². The van der Waals surface area contributed by atoms with Gasteiger partial charge in [-0.25, -0.2) is 8.42 Å². The van der Waals surface area contributed by atoms with Crippen LogP contribution in [0.25, 0.3) is 0 Å². The molecule has 102 valence electrons. The number of sulfonamides is 1. The van der Waals surface area contributed by atoms with Gasteiger partial charge in [0.2, 0.25) is 0 Å². The Balaban J connectivity index is 2.01. The maximum atomic E-state index is 12.6. The lowest BCUT2D eigenvalue weighted by Gasteiger charge is -2.34. The number of aromatic nitrogens is 1. The minimum absolute atomic E-state index is 0.116. The van der Waals surface area contributed by atoms with Crippen LogP contribution in [0.3, 0.4) is 0 Å². The van der Waals surface area contributed by atoms with Gasteiger partial charge in [-0.3, -0.25) is 0 Å². The third-order valence-electron chi connectivity index (χ3n) is 3.69. The highest BCUT2D eigenvalue weighted by Gasteiger charge is 2.34. The quantitative estimate of drug-likeness (QED) is 0.855. The molecule has 0 spiro atoms. The summed E-state index contributed by atoms with van der Waals surface area (Å²) in [5, 5.41) is 1.80. The Bertz CT molecular complexity index is 686. The maximum absolute atomic E-state index is 12.6. The van der Waals surface area contributed by atoms with Gasteiger partial charge in [0.1, 0.15) is 4.21 Å². The third kappa shape index (κ3) is 1.94. The van der Waals surface area contributed by atoms with E-state index in [0.717, 1.165) is 12.2 Å². The summed E-state index contributed by atoms with van der Waals surface area (Å²) < 4.78 is 29.4. The topological polar surface area (TPSA) is 42.3 Å². The molecule has 0 saturated heterocycles. The highest BCUT2D eigenvalue weighted by Crippen LogP contribution is 2.33. The standard InChI is InChI=1S/C13H16N2O2S2/c1-10-5-6-12-11(2)15(8-7-14(10)12)19(16,17)13-4-3-9-18-13/h3-6,9,11H,7-8H2,1-2H3/t11-/m0/s1. The first-order valence-corrected chi connectivity index (χ1v) is 8.55. The number of hydrogen-bond acceptors (Lipinski definition) is 3. The molecule has 0 fully saturated rings. The van der Waals surface area contributed by atoms with E-state index in [1.165, 1.54) is 17.0 Å². The van der Waals surface area contributed by atoms with E-state index in [0.29, 0.717) is 10.8 Å². The van der Waals surface area contributed by atoms with Gasteiger partial charge in [-0.15, -0.1) is 11.3 Å². The van der Waals surface area contributed by atoms with Crippen LogP contribution in [0.4, 0.5) is 0 Å². The fraction of sp³-hybridized carbons (Fsp3) is 0.385. The average molecular weight is 296 g/mol. The van der Waals surface area contributed by atoms with E-state index in [1.54, 1.807) is 21.8 Å². The predicted molar refractivity (Wildman–Crippen MR) is 75.8 cm³/mol. The normalized spacial score (nSPS) is 20.4. The van der Waals surface area contributed by atoms with Crippen molar-refractivity contribution in [2.45, 2.75) is 30.6 Å². The van der Waals surface area contributed by atoms with Crippen molar-refractivity contribution in [2.75, 3.05) is 6.54 Å². The molecule has 1 aliphatic rings. The Morgan fingerprint density at radius 3 is 2.74 bits per heavy atom. The number of nitrogens with zero attached hydrogens (tertiary/aromatic N) is 2. The van der Waals surface area contributed by atoms with Crippen LogP contribution >= 0.6 is 11.3 Å². The second-order valence-corrected chi connectivity index (χ2v) is 7.84. The summed E-state index contributed by atoms with van der Waals surface area (Å²) >= 11 is 1.28. The van der Waals surface area contributed by atoms with Crippen LogP contribution in [0.5, 0.6) is 0 Å².